The Labute approximate surface area is 110 Å². The zero-order valence-corrected chi connectivity index (χ0v) is 10.8. The van der Waals surface area contributed by atoms with Crippen LogP contribution in [-0.2, 0) is 13.5 Å². The molecule has 19 heavy (non-hydrogen) atoms. The highest BCUT2D eigenvalue weighted by atomic mass is 16.4. The number of carbonyl (C=O) groups is 1. The summed E-state index contributed by atoms with van der Waals surface area (Å²) in [7, 11) is 1.82. The summed E-state index contributed by atoms with van der Waals surface area (Å²) in [5, 5.41) is 16.2. The van der Waals surface area contributed by atoms with Crippen molar-refractivity contribution in [1.29, 1.82) is 0 Å². The van der Waals surface area contributed by atoms with Crippen LogP contribution in [0.15, 0.2) is 22.9 Å². The lowest BCUT2D eigenvalue weighted by molar-refractivity contribution is 0.0659. The van der Waals surface area contributed by atoms with E-state index in [9.17, 15) is 4.79 Å². The van der Waals surface area contributed by atoms with E-state index >= 15 is 0 Å². The monoisotopic (exact) mass is 264 g/mol. The third kappa shape index (κ3) is 3.41. The lowest BCUT2D eigenvalue weighted by Gasteiger charge is -2.09. The molecule has 7 heteroatoms. The molecule has 0 fully saturated rings. The maximum atomic E-state index is 10.7. The van der Waals surface area contributed by atoms with Gasteiger partial charge in [0.05, 0.1) is 6.04 Å². The largest absolute Gasteiger partial charge is 0.475 e. The van der Waals surface area contributed by atoms with Gasteiger partial charge in [0.15, 0.2) is 5.82 Å². The molecule has 2 heterocycles. The van der Waals surface area contributed by atoms with Crippen molar-refractivity contribution in [3.8, 4) is 0 Å². The van der Waals surface area contributed by atoms with E-state index in [0.29, 0.717) is 18.7 Å². The molecule has 0 bridgehead atoms. The minimum atomic E-state index is -1.06. The molecule has 1 atom stereocenters. The van der Waals surface area contributed by atoms with Crippen LogP contribution < -0.4 is 5.32 Å². The Kier molecular flexibility index (Phi) is 3.96. The number of aromatic carboxylic acids is 1. The lowest BCUT2D eigenvalue weighted by Crippen LogP contribution is -2.21. The quantitative estimate of drug-likeness (QED) is 0.808. The highest BCUT2D eigenvalue weighted by Gasteiger charge is 2.13. The van der Waals surface area contributed by atoms with E-state index < -0.39 is 5.97 Å². The van der Waals surface area contributed by atoms with Crippen molar-refractivity contribution in [2.45, 2.75) is 19.4 Å². The number of carboxylic acid groups (broad SMARTS) is 1. The predicted molar refractivity (Wildman–Crippen MR) is 66.8 cm³/mol. The highest BCUT2D eigenvalue weighted by molar-refractivity contribution is 5.84. The Hall–Kier alpha value is -2.15. The predicted octanol–water partition coefficient (Wildman–Crippen LogP) is 1.000. The van der Waals surface area contributed by atoms with Crippen LogP contribution in [0.3, 0.4) is 0 Å². The summed E-state index contributed by atoms with van der Waals surface area (Å²) in [5.41, 5.74) is 0. The first-order valence-corrected chi connectivity index (χ1v) is 5.97. The molecule has 2 rings (SSSR count). The SMILES string of the molecule is CC(NCCc1ncn(C)n1)c1ccc(C(=O)O)o1. The molecule has 102 valence electrons. The second-order valence-electron chi connectivity index (χ2n) is 4.27. The number of carboxylic acids is 1. The van der Waals surface area contributed by atoms with Crippen molar-refractivity contribution in [3.05, 3.63) is 35.8 Å². The molecule has 2 N–H and O–H groups in total. The van der Waals surface area contributed by atoms with Crippen LogP contribution in [0.4, 0.5) is 0 Å². The van der Waals surface area contributed by atoms with Gasteiger partial charge < -0.3 is 14.8 Å². The van der Waals surface area contributed by atoms with Gasteiger partial charge in [-0.3, -0.25) is 4.68 Å². The third-order valence-corrected chi connectivity index (χ3v) is 2.71. The summed E-state index contributed by atoms with van der Waals surface area (Å²) in [4.78, 5) is 14.8. The van der Waals surface area contributed by atoms with Crippen LogP contribution >= 0.6 is 0 Å². The molecule has 2 aromatic rings. The van der Waals surface area contributed by atoms with Gasteiger partial charge >= 0.3 is 5.97 Å². The average Bonchev–Trinajstić information content (AvgIpc) is 2.98. The highest BCUT2D eigenvalue weighted by Crippen LogP contribution is 2.16. The molecule has 0 aliphatic heterocycles. The average molecular weight is 264 g/mol. The van der Waals surface area contributed by atoms with Gasteiger partial charge in [0.25, 0.3) is 0 Å². The van der Waals surface area contributed by atoms with E-state index in [1.807, 2.05) is 14.0 Å². The molecule has 7 nitrogen and oxygen atoms in total. The van der Waals surface area contributed by atoms with Crippen molar-refractivity contribution in [2.75, 3.05) is 6.54 Å². The number of nitrogens with zero attached hydrogens (tertiary/aromatic N) is 3. The number of nitrogens with one attached hydrogen (secondary N) is 1. The van der Waals surface area contributed by atoms with E-state index in [0.717, 1.165) is 5.82 Å². The van der Waals surface area contributed by atoms with Gasteiger partial charge in [0, 0.05) is 20.0 Å². The van der Waals surface area contributed by atoms with Gasteiger partial charge in [-0.2, -0.15) is 5.10 Å². The zero-order valence-electron chi connectivity index (χ0n) is 10.8. The minimum Gasteiger partial charge on any atom is -0.475 e. The first kappa shape index (κ1) is 13.3. The number of hydrogen-bond donors (Lipinski definition) is 2. The molecule has 0 aliphatic rings. The summed E-state index contributed by atoms with van der Waals surface area (Å²) in [5.74, 6) is 0.269. The standard InChI is InChI=1S/C12H16N4O3/c1-8(9-3-4-10(19-9)12(17)18)13-6-5-11-14-7-16(2)15-11/h3-4,7-8,13H,5-6H2,1-2H3,(H,17,18). The molecule has 0 spiro atoms. The van der Waals surface area contributed by atoms with Crippen LogP contribution in [0.2, 0.25) is 0 Å². The molecular formula is C12H16N4O3. The minimum absolute atomic E-state index is 0.0463. The van der Waals surface area contributed by atoms with Crippen molar-refractivity contribution in [3.63, 3.8) is 0 Å². The molecule has 1 unspecified atom stereocenters. The molecule has 0 aliphatic carbocycles. The Bertz CT molecular complexity index is 561. The summed E-state index contributed by atoms with van der Waals surface area (Å²) in [6.07, 6.45) is 2.36. The Morgan fingerprint density at radius 2 is 2.37 bits per heavy atom. The molecule has 0 saturated heterocycles. The number of hydrogen-bond acceptors (Lipinski definition) is 5. The van der Waals surface area contributed by atoms with Gasteiger partial charge in [-0.15, -0.1) is 0 Å². The van der Waals surface area contributed by atoms with Gasteiger partial charge in [-0.25, -0.2) is 9.78 Å². The van der Waals surface area contributed by atoms with Crippen LogP contribution in [0.1, 0.15) is 35.1 Å². The van der Waals surface area contributed by atoms with Crippen LogP contribution in [0.25, 0.3) is 0 Å². The fraction of sp³-hybridized carbons (Fsp3) is 0.417. The van der Waals surface area contributed by atoms with E-state index in [1.165, 1.54) is 6.07 Å². The summed E-state index contributed by atoms with van der Waals surface area (Å²) >= 11 is 0. The zero-order chi connectivity index (χ0) is 13.8. The first-order chi connectivity index (χ1) is 9.06. The number of aryl methyl sites for hydroxylation is 1. The van der Waals surface area contributed by atoms with Gasteiger partial charge in [-0.05, 0) is 19.1 Å². The normalized spacial score (nSPS) is 12.5. The second-order valence-corrected chi connectivity index (χ2v) is 4.27. The van der Waals surface area contributed by atoms with Gasteiger partial charge in [0.1, 0.15) is 12.1 Å². The van der Waals surface area contributed by atoms with Gasteiger partial charge in [-0.1, -0.05) is 0 Å². The second kappa shape index (κ2) is 5.66. The molecule has 0 amide bonds. The summed E-state index contributed by atoms with van der Waals surface area (Å²) < 4.78 is 6.87. The first-order valence-electron chi connectivity index (χ1n) is 5.97. The molecule has 0 aromatic carbocycles. The molecule has 0 radical (unpaired) electrons. The Balaban J connectivity index is 1.83. The van der Waals surface area contributed by atoms with E-state index in [1.54, 1.807) is 17.1 Å². The topological polar surface area (TPSA) is 93.2 Å². The van der Waals surface area contributed by atoms with Crippen molar-refractivity contribution in [2.24, 2.45) is 7.05 Å². The number of furan rings is 1. The Morgan fingerprint density at radius 1 is 1.58 bits per heavy atom. The van der Waals surface area contributed by atoms with Crippen LogP contribution in [-0.4, -0.2) is 32.4 Å². The molecule has 2 aromatic heterocycles. The summed E-state index contributed by atoms with van der Waals surface area (Å²) in [6.45, 7) is 2.60. The van der Waals surface area contributed by atoms with E-state index in [-0.39, 0.29) is 11.8 Å². The smallest absolute Gasteiger partial charge is 0.371 e. The maximum absolute atomic E-state index is 10.7. The number of rotatable bonds is 6. The summed E-state index contributed by atoms with van der Waals surface area (Å²) in [6, 6.07) is 3.06. The molecule has 0 saturated carbocycles. The van der Waals surface area contributed by atoms with Crippen molar-refractivity contribution >= 4 is 5.97 Å². The third-order valence-electron chi connectivity index (χ3n) is 2.71. The van der Waals surface area contributed by atoms with Crippen molar-refractivity contribution < 1.29 is 14.3 Å². The van der Waals surface area contributed by atoms with Gasteiger partial charge in [0.2, 0.25) is 5.76 Å². The maximum Gasteiger partial charge on any atom is 0.371 e. The molecular weight excluding hydrogens is 248 g/mol. The van der Waals surface area contributed by atoms with Crippen molar-refractivity contribution in [1.82, 2.24) is 20.1 Å². The Morgan fingerprint density at radius 3 is 2.95 bits per heavy atom. The number of aromatic nitrogens is 3. The fourth-order valence-electron chi connectivity index (χ4n) is 1.70. The van der Waals surface area contributed by atoms with Crippen LogP contribution in [0.5, 0.6) is 0 Å². The van der Waals surface area contributed by atoms with Crippen LogP contribution in [0, 0.1) is 0 Å². The lowest BCUT2D eigenvalue weighted by atomic mass is 10.2. The van der Waals surface area contributed by atoms with E-state index in [4.69, 9.17) is 9.52 Å². The van der Waals surface area contributed by atoms with E-state index in [2.05, 4.69) is 15.4 Å². The fourth-order valence-corrected chi connectivity index (χ4v) is 1.70.